The fraction of sp³-hybridized carbons (Fsp3) is 0.600. The van der Waals surface area contributed by atoms with Gasteiger partial charge in [0.2, 0.25) is 0 Å². The van der Waals surface area contributed by atoms with Crippen molar-refractivity contribution in [2.75, 3.05) is 6.66 Å². The third kappa shape index (κ3) is 15.6. The van der Waals surface area contributed by atoms with Gasteiger partial charge in [-0.2, -0.15) is 5.66 Å². The van der Waals surface area contributed by atoms with E-state index in [1.165, 1.54) is 0 Å². The molecule has 0 heterocycles. The van der Waals surface area contributed by atoms with Crippen LogP contribution < -0.4 is 0 Å². The molecule has 0 N–H and O–H groups in total. The summed E-state index contributed by atoms with van der Waals surface area (Å²) in [6, 6.07) is 0. The zero-order chi connectivity index (χ0) is 4.99. The molecule has 0 radical (unpaired) electrons. The molecular weight excluding hydrogens is 213 g/mol. The maximum atomic E-state index is 3.85. The van der Waals surface area contributed by atoms with E-state index < -0.39 is 0 Å². The maximum Gasteiger partial charge on any atom is 2.00 e. The van der Waals surface area contributed by atoms with Gasteiger partial charge in [0.05, 0.1) is 0 Å². The molecule has 0 spiro atoms. The van der Waals surface area contributed by atoms with Crippen molar-refractivity contribution in [3.05, 3.63) is 14.4 Å². The van der Waals surface area contributed by atoms with Crippen molar-refractivity contribution in [1.82, 2.24) is 0 Å². The molecule has 3 unspecified atom stereocenters. The number of rotatable bonds is 2. The summed E-state index contributed by atoms with van der Waals surface area (Å²) in [5.41, 5.74) is 0.688. The van der Waals surface area contributed by atoms with Gasteiger partial charge in [-0.1, -0.05) is 6.92 Å². The molecule has 0 bridgehead atoms. The summed E-state index contributed by atoms with van der Waals surface area (Å²) < 4.78 is 0. The van der Waals surface area contributed by atoms with Crippen molar-refractivity contribution in [1.29, 1.82) is 0 Å². The molecule has 0 aromatic carbocycles. The Morgan fingerprint density at radius 1 is 1.50 bits per heavy atom. The van der Waals surface area contributed by atoms with Crippen molar-refractivity contribution in [3.8, 4) is 0 Å². The standard InChI is InChI=1S/C4H11P2.CH3.Zr/c1-4(2)6-5-3;;/h4-6H,1H2,2-3H3;1H3;/q2*-1;+2. The minimum atomic E-state index is 0. The van der Waals surface area contributed by atoms with Gasteiger partial charge in [0, 0.05) is 0 Å². The second-order valence-electron chi connectivity index (χ2n) is 1.30. The van der Waals surface area contributed by atoms with Crippen LogP contribution in [0.4, 0.5) is 0 Å². The normalized spacial score (nSPS) is 13.9. The Hall–Kier alpha value is 1.74. The van der Waals surface area contributed by atoms with E-state index in [4.69, 9.17) is 0 Å². The molecule has 0 aliphatic rings. The maximum absolute atomic E-state index is 3.85. The molecule has 3 heteroatoms. The first kappa shape index (κ1) is 16.4. The molecule has 0 aliphatic carbocycles. The summed E-state index contributed by atoms with van der Waals surface area (Å²) in [7, 11) is 2.19. The zero-order valence-corrected chi connectivity index (χ0v) is 10.2. The topological polar surface area (TPSA) is 0 Å². The Morgan fingerprint density at radius 2 is 1.88 bits per heavy atom. The average molecular weight is 227 g/mol. The first-order valence-electron chi connectivity index (χ1n) is 2.02. The number of hydrogen-bond donors (Lipinski definition) is 0. The first-order valence-corrected chi connectivity index (χ1v) is 5.60. The van der Waals surface area contributed by atoms with Crippen LogP contribution in [0.1, 0.15) is 6.92 Å². The molecule has 0 aromatic heterocycles. The van der Waals surface area contributed by atoms with E-state index in [0.29, 0.717) is 5.66 Å². The van der Waals surface area contributed by atoms with Gasteiger partial charge in [-0.3, -0.25) is 0 Å². The van der Waals surface area contributed by atoms with E-state index >= 15 is 0 Å². The van der Waals surface area contributed by atoms with E-state index in [0.717, 1.165) is 16.5 Å². The van der Waals surface area contributed by atoms with Crippen LogP contribution in [0.2, 0.25) is 0 Å². The monoisotopic (exact) mass is 226 g/mol. The predicted octanol–water partition coefficient (Wildman–Crippen LogP) is 2.56. The molecule has 48 valence electrons. The van der Waals surface area contributed by atoms with Gasteiger partial charge in [-0.05, 0) is 6.66 Å². The molecule has 0 saturated heterocycles. The summed E-state index contributed by atoms with van der Waals surface area (Å²) in [5, 5.41) is 0. The van der Waals surface area contributed by atoms with Crippen LogP contribution in [0.15, 0.2) is 0 Å². The Balaban J connectivity index is -0.000000125. The van der Waals surface area contributed by atoms with E-state index in [2.05, 4.69) is 20.5 Å². The van der Waals surface area contributed by atoms with E-state index in [9.17, 15) is 0 Å². The van der Waals surface area contributed by atoms with Gasteiger partial charge in [-0.15, -0.1) is 16.5 Å². The fourth-order valence-corrected chi connectivity index (χ4v) is 2.22. The van der Waals surface area contributed by atoms with Crippen molar-refractivity contribution in [2.24, 2.45) is 0 Å². The Labute approximate surface area is 76.2 Å². The SMILES string of the molecule is [CH2-]C(C)PPC.[CH3-].[Zr+2]. The summed E-state index contributed by atoms with van der Waals surface area (Å²) in [5.74, 6) is 0. The van der Waals surface area contributed by atoms with E-state index in [1.807, 2.05) is 0 Å². The van der Waals surface area contributed by atoms with E-state index in [-0.39, 0.29) is 33.6 Å². The van der Waals surface area contributed by atoms with Gasteiger partial charge in [-0.25, -0.2) is 0 Å². The third-order valence-corrected chi connectivity index (χ3v) is 3.52. The number of hydrogen-bond acceptors (Lipinski definition) is 0. The molecule has 0 aromatic rings. The van der Waals surface area contributed by atoms with Gasteiger partial charge in [0.1, 0.15) is 0 Å². The Bertz CT molecular complexity index is 31.6. The summed E-state index contributed by atoms with van der Waals surface area (Å²) in [6.45, 7) is 8.23. The van der Waals surface area contributed by atoms with Crippen molar-refractivity contribution < 1.29 is 26.2 Å². The van der Waals surface area contributed by atoms with Crippen LogP contribution in [-0.4, -0.2) is 12.3 Å². The summed E-state index contributed by atoms with van der Waals surface area (Å²) >= 11 is 0. The van der Waals surface area contributed by atoms with Crippen LogP contribution in [-0.2, 0) is 26.2 Å². The second kappa shape index (κ2) is 11.5. The third-order valence-electron chi connectivity index (χ3n) is 0.391. The van der Waals surface area contributed by atoms with Crippen LogP contribution in [0.5, 0.6) is 0 Å². The van der Waals surface area contributed by atoms with Crippen LogP contribution in [0.3, 0.4) is 0 Å². The van der Waals surface area contributed by atoms with Crippen molar-refractivity contribution in [2.45, 2.75) is 12.6 Å². The molecule has 3 atom stereocenters. The van der Waals surface area contributed by atoms with Gasteiger partial charge >= 0.3 is 26.2 Å². The van der Waals surface area contributed by atoms with Gasteiger partial charge in [0.25, 0.3) is 0 Å². The summed E-state index contributed by atoms with van der Waals surface area (Å²) in [6.07, 6.45) is 0. The average Bonchev–Trinajstić information content (AvgIpc) is 1.35. The van der Waals surface area contributed by atoms with Crippen LogP contribution >= 0.6 is 16.5 Å². The molecule has 0 nitrogen and oxygen atoms in total. The quantitative estimate of drug-likeness (QED) is 0.502. The molecule has 0 saturated carbocycles. The minimum absolute atomic E-state index is 0. The van der Waals surface area contributed by atoms with E-state index in [1.54, 1.807) is 0 Å². The second-order valence-corrected chi connectivity index (χ2v) is 5.44. The van der Waals surface area contributed by atoms with Crippen molar-refractivity contribution in [3.63, 3.8) is 0 Å². The zero-order valence-electron chi connectivity index (χ0n) is 5.78. The Morgan fingerprint density at radius 3 is 1.88 bits per heavy atom. The predicted molar refractivity (Wildman–Crippen MR) is 43.8 cm³/mol. The minimum Gasteiger partial charge on any atom is -0.358 e. The largest absolute Gasteiger partial charge is 2.00 e. The first-order chi connectivity index (χ1) is 2.77. The smallest absolute Gasteiger partial charge is 0.358 e. The van der Waals surface area contributed by atoms with Crippen molar-refractivity contribution >= 4 is 16.5 Å². The van der Waals surface area contributed by atoms with Gasteiger partial charge in [0.15, 0.2) is 0 Å². The molecular formula is C5H14P2Zr. The van der Waals surface area contributed by atoms with Crippen LogP contribution in [0.25, 0.3) is 0 Å². The molecule has 8 heavy (non-hydrogen) atoms. The fourth-order valence-electron chi connectivity index (χ4n) is 0.246. The summed E-state index contributed by atoms with van der Waals surface area (Å²) in [4.78, 5) is 0. The molecule has 0 aliphatic heterocycles. The molecule has 0 amide bonds. The van der Waals surface area contributed by atoms with Gasteiger partial charge < -0.3 is 14.4 Å². The Kier molecular flexibility index (Phi) is 23.6. The molecule has 0 rings (SSSR count). The molecule has 0 fully saturated rings. The van der Waals surface area contributed by atoms with Crippen LogP contribution in [0, 0.1) is 14.4 Å².